The van der Waals surface area contributed by atoms with Gasteiger partial charge in [0.1, 0.15) is 5.60 Å². The molecule has 0 aromatic heterocycles. The number of hydrogen-bond acceptors (Lipinski definition) is 2. The van der Waals surface area contributed by atoms with E-state index in [9.17, 15) is 9.90 Å². The maximum atomic E-state index is 12.2. The molecule has 0 aliphatic heterocycles. The number of aliphatic hydroxyl groups is 1. The molecule has 1 aliphatic rings. The monoisotopic (exact) mass is 310 g/mol. The number of rotatable bonds is 4. The Balaban J connectivity index is 1.57. The number of fused-ring (bicyclic) bond motifs is 1. The van der Waals surface area contributed by atoms with E-state index >= 15 is 0 Å². The molecular formula is C19H22N2O2. The quantitative estimate of drug-likeness (QED) is 0.813. The molecule has 0 saturated carbocycles. The highest BCUT2D eigenvalue weighted by molar-refractivity contribution is 5.74. The molecule has 4 nitrogen and oxygen atoms in total. The molecule has 0 radical (unpaired) electrons. The van der Waals surface area contributed by atoms with Crippen LogP contribution in [-0.2, 0) is 12.0 Å². The second kappa shape index (κ2) is 6.42. The van der Waals surface area contributed by atoms with Crippen LogP contribution < -0.4 is 10.6 Å². The zero-order valence-corrected chi connectivity index (χ0v) is 13.3. The van der Waals surface area contributed by atoms with Crippen LogP contribution in [-0.4, -0.2) is 17.7 Å². The average molecular weight is 310 g/mol. The lowest BCUT2D eigenvalue weighted by Gasteiger charge is -2.25. The molecule has 1 aliphatic carbocycles. The van der Waals surface area contributed by atoms with Crippen LogP contribution in [0.2, 0.25) is 0 Å². The normalized spacial score (nSPS) is 18.8. The van der Waals surface area contributed by atoms with E-state index in [-0.39, 0.29) is 18.6 Å². The number of urea groups is 1. The van der Waals surface area contributed by atoms with Crippen molar-refractivity contribution in [2.24, 2.45) is 0 Å². The number of hydrogen-bond donors (Lipinski definition) is 3. The fourth-order valence-corrected chi connectivity index (χ4v) is 3.07. The summed E-state index contributed by atoms with van der Waals surface area (Å²) in [6.45, 7) is 1.87. The van der Waals surface area contributed by atoms with E-state index in [1.807, 2.05) is 42.5 Å². The molecule has 120 valence electrons. The van der Waals surface area contributed by atoms with Crippen LogP contribution in [0.5, 0.6) is 0 Å². The van der Waals surface area contributed by atoms with Crippen molar-refractivity contribution < 1.29 is 9.90 Å². The molecule has 0 spiro atoms. The summed E-state index contributed by atoms with van der Waals surface area (Å²) in [5, 5.41) is 16.3. The number of amides is 2. The fourth-order valence-electron chi connectivity index (χ4n) is 3.07. The lowest BCUT2D eigenvalue weighted by molar-refractivity contribution is 0.0592. The van der Waals surface area contributed by atoms with Crippen LogP contribution in [0.15, 0.2) is 54.6 Å². The van der Waals surface area contributed by atoms with Crippen LogP contribution in [0, 0.1) is 0 Å². The molecule has 2 amide bonds. The highest BCUT2D eigenvalue weighted by Crippen LogP contribution is 2.30. The van der Waals surface area contributed by atoms with Gasteiger partial charge in [0.05, 0.1) is 12.6 Å². The van der Waals surface area contributed by atoms with Gasteiger partial charge >= 0.3 is 6.03 Å². The third kappa shape index (κ3) is 3.54. The van der Waals surface area contributed by atoms with E-state index in [4.69, 9.17) is 0 Å². The molecule has 3 N–H and O–H groups in total. The molecule has 0 saturated heterocycles. The van der Waals surface area contributed by atoms with Gasteiger partial charge in [-0.3, -0.25) is 0 Å². The van der Waals surface area contributed by atoms with Crippen molar-refractivity contribution in [1.29, 1.82) is 0 Å². The molecule has 3 rings (SSSR count). The first-order valence-electron chi connectivity index (χ1n) is 7.96. The summed E-state index contributed by atoms with van der Waals surface area (Å²) in [4.78, 5) is 12.2. The third-order valence-corrected chi connectivity index (χ3v) is 4.43. The summed E-state index contributed by atoms with van der Waals surface area (Å²) in [6.07, 6.45) is 1.91. The van der Waals surface area contributed by atoms with E-state index in [2.05, 4.69) is 22.8 Å². The SMILES string of the molecule is CC(O)(CNC(=O)NC1CCc2ccccc21)c1ccccc1. The van der Waals surface area contributed by atoms with Gasteiger partial charge in [-0.1, -0.05) is 54.6 Å². The Morgan fingerprint density at radius 2 is 1.87 bits per heavy atom. The van der Waals surface area contributed by atoms with Crippen LogP contribution in [0.1, 0.15) is 36.1 Å². The first-order valence-corrected chi connectivity index (χ1v) is 7.96. The minimum absolute atomic E-state index is 0.0490. The van der Waals surface area contributed by atoms with Crippen molar-refractivity contribution in [3.05, 3.63) is 71.3 Å². The molecule has 0 heterocycles. The van der Waals surface area contributed by atoms with Gasteiger partial charge in [0.15, 0.2) is 0 Å². The number of aryl methyl sites for hydroxylation is 1. The lowest BCUT2D eigenvalue weighted by atomic mass is 9.96. The Morgan fingerprint density at radius 1 is 1.17 bits per heavy atom. The topological polar surface area (TPSA) is 61.4 Å². The average Bonchev–Trinajstić information content (AvgIpc) is 2.97. The Bertz CT molecular complexity index is 683. The van der Waals surface area contributed by atoms with E-state index in [0.717, 1.165) is 18.4 Å². The van der Waals surface area contributed by atoms with Crippen molar-refractivity contribution in [2.75, 3.05) is 6.54 Å². The van der Waals surface area contributed by atoms with Gasteiger partial charge in [-0.25, -0.2) is 4.79 Å². The summed E-state index contributed by atoms with van der Waals surface area (Å²) in [5.41, 5.74) is 2.18. The molecular weight excluding hydrogens is 288 g/mol. The van der Waals surface area contributed by atoms with E-state index in [0.29, 0.717) is 0 Å². The first kappa shape index (κ1) is 15.6. The van der Waals surface area contributed by atoms with Gasteiger partial charge in [0.2, 0.25) is 0 Å². The van der Waals surface area contributed by atoms with E-state index in [1.54, 1.807) is 6.92 Å². The molecule has 2 aromatic carbocycles. The number of nitrogens with one attached hydrogen (secondary N) is 2. The molecule has 0 fully saturated rings. The first-order chi connectivity index (χ1) is 11.1. The van der Waals surface area contributed by atoms with Gasteiger partial charge in [-0.2, -0.15) is 0 Å². The maximum absolute atomic E-state index is 12.2. The zero-order valence-electron chi connectivity index (χ0n) is 13.3. The van der Waals surface area contributed by atoms with Crippen LogP contribution in [0.4, 0.5) is 4.79 Å². The highest BCUT2D eigenvalue weighted by atomic mass is 16.3. The Morgan fingerprint density at radius 3 is 2.65 bits per heavy atom. The van der Waals surface area contributed by atoms with E-state index in [1.165, 1.54) is 11.1 Å². The Kier molecular flexibility index (Phi) is 4.35. The van der Waals surface area contributed by atoms with Crippen LogP contribution >= 0.6 is 0 Å². The maximum Gasteiger partial charge on any atom is 0.315 e. The minimum atomic E-state index is -1.09. The van der Waals surface area contributed by atoms with Gasteiger partial charge in [0, 0.05) is 0 Å². The van der Waals surface area contributed by atoms with E-state index < -0.39 is 5.60 Å². The van der Waals surface area contributed by atoms with Crippen LogP contribution in [0.3, 0.4) is 0 Å². The molecule has 2 atom stereocenters. The standard InChI is InChI=1S/C19H22N2O2/c1-19(23,15-8-3-2-4-9-15)13-20-18(22)21-17-12-11-14-7-5-6-10-16(14)17/h2-10,17,23H,11-13H2,1H3,(H2,20,21,22). The smallest absolute Gasteiger partial charge is 0.315 e. The summed E-state index contributed by atoms with van der Waals surface area (Å²) < 4.78 is 0. The summed E-state index contributed by atoms with van der Waals surface area (Å²) >= 11 is 0. The summed E-state index contributed by atoms with van der Waals surface area (Å²) in [7, 11) is 0. The second-order valence-electron chi connectivity index (χ2n) is 6.26. The Labute approximate surface area is 136 Å². The molecule has 2 aromatic rings. The van der Waals surface area contributed by atoms with Crippen LogP contribution in [0.25, 0.3) is 0 Å². The van der Waals surface area contributed by atoms with Gasteiger partial charge in [-0.15, -0.1) is 0 Å². The van der Waals surface area contributed by atoms with Crippen molar-refractivity contribution in [2.45, 2.75) is 31.4 Å². The third-order valence-electron chi connectivity index (χ3n) is 4.43. The number of carbonyl (C=O) groups excluding carboxylic acids is 1. The zero-order chi connectivity index (χ0) is 16.3. The highest BCUT2D eigenvalue weighted by Gasteiger charge is 2.26. The lowest BCUT2D eigenvalue weighted by Crippen LogP contribution is -2.44. The summed E-state index contributed by atoms with van der Waals surface area (Å²) in [6, 6.07) is 17.4. The van der Waals surface area contributed by atoms with Crippen molar-refractivity contribution >= 4 is 6.03 Å². The number of carbonyl (C=O) groups is 1. The largest absolute Gasteiger partial charge is 0.384 e. The predicted molar refractivity (Wildman–Crippen MR) is 90.1 cm³/mol. The number of benzene rings is 2. The molecule has 0 bridgehead atoms. The van der Waals surface area contributed by atoms with Gasteiger partial charge in [0.25, 0.3) is 0 Å². The molecule has 2 unspecified atom stereocenters. The minimum Gasteiger partial charge on any atom is -0.384 e. The fraction of sp³-hybridized carbons (Fsp3) is 0.316. The second-order valence-corrected chi connectivity index (χ2v) is 6.26. The predicted octanol–water partition coefficient (Wildman–Crippen LogP) is 2.88. The van der Waals surface area contributed by atoms with Gasteiger partial charge < -0.3 is 15.7 Å². The Hall–Kier alpha value is -2.33. The molecule has 23 heavy (non-hydrogen) atoms. The van der Waals surface area contributed by atoms with Gasteiger partial charge in [-0.05, 0) is 36.5 Å². The van der Waals surface area contributed by atoms with Crippen molar-refractivity contribution in [3.8, 4) is 0 Å². The molecule has 4 heteroatoms. The van der Waals surface area contributed by atoms with Crippen molar-refractivity contribution in [3.63, 3.8) is 0 Å². The van der Waals surface area contributed by atoms with Crippen molar-refractivity contribution in [1.82, 2.24) is 10.6 Å². The summed E-state index contributed by atoms with van der Waals surface area (Å²) in [5.74, 6) is 0.